The van der Waals surface area contributed by atoms with Gasteiger partial charge in [-0.15, -0.1) is 11.8 Å². The van der Waals surface area contributed by atoms with Crippen molar-refractivity contribution in [1.29, 1.82) is 0 Å². The molecule has 0 spiro atoms. The molecule has 2 aromatic carbocycles. The van der Waals surface area contributed by atoms with Crippen LogP contribution in [0, 0.1) is 6.92 Å². The standard InChI is InChI=1S/C25H24ClN5O2S2/c1-17-3-2-4-18(13-17)24-28-31-22(32)14-20(27-25(31)35-24)15-29-9-11-30(12-10-29)23(33)16-34-21-7-5-19(26)6-8-21/h2-8,13-14H,9-12,15-16H2,1H3. The van der Waals surface area contributed by atoms with E-state index in [2.05, 4.69) is 16.1 Å². The maximum Gasteiger partial charge on any atom is 0.275 e. The summed E-state index contributed by atoms with van der Waals surface area (Å²) in [5.74, 6) is 0.543. The number of nitrogens with zero attached hydrogens (tertiary/aromatic N) is 5. The highest BCUT2D eigenvalue weighted by Crippen LogP contribution is 2.25. The lowest BCUT2D eigenvalue weighted by atomic mass is 10.1. The zero-order valence-corrected chi connectivity index (χ0v) is 21.6. The van der Waals surface area contributed by atoms with E-state index in [0.717, 1.165) is 39.8 Å². The van der Waals surface area contributed by atoms with Gasteiger partial charge in [-0.1, -0.05) is 46.7 Å². The molecule has 0 unspecified atom stereocenters. The normalized spacial score (nSPS) is 14.5. The maximum absolute atomic E-state index is 12.7. The highest BCUT2D eigenvalue weighted by atomic mass is 35.5. The van der Waals surface area contributed by atoms with E-state index < -0.39 is 0 Å². The maximum atomic E-state index is 12.7. The molecule has 10 heteroatoms. The fourth-order valence-corrected chi connectivity index (χ4v) is 5.83. The average molecular weight is 526 g/mol. The molecular weight excluding hydrogens is 502 g/mol. The van der Waals surface area contributed by atoms with Crippen molar-refractivity contribution in [1.82, 2.24) is 24.4 Å². The lowest BCUT2D eigenvalue weighted by molar-refractivity contribution is -0.130. The highest BCUT2D eigenvalue weighted by Gasteiger charge is 2.22. The Labute approximate surface area is 216 Å². The minimum absolute atomic E-state index is 0.135. The smallest absolute Gasteiger partial charge is 0.275 e. The number of carbonyl (C=O) groups excluding carboxylic acids is 1. The topological polar surface area (TPSA) is 70.8 Å². The Morgan fingerprint density at radius 3 is 2.60 bits per heavy atom. The van der Waals surface area contributed by atoms with Gasteiger partial charge in [-0.05, 0) is 37.3 Å². The van der Waals surface area contributed by atoms with Gasteiger partial charge in [-0.2, -0.15) is 9.61 Å². The first kappa shape index (κ1) is 24.0. The van der Waals surface area contributed by atoms with E-state index in [9.17, 15) is 9.59 Å². The van der Waals surface area contributed by atoms with Crippen LogP contribution in [-0.4, -0.2) is 62.2 Å². The number of rotatable bonds is 6. The molecule has 1 saturated heterocycles. The first-order chi connectivity index (χ1) is 16.9. The predicted octanol–water partition coefficient (Wildman–Crippen LogP) is 4.22. The lowest BCUT2D eigenvalue weighted by Crippen LogP contribution is -2.49. The van der Waals surface area contributed by atoms with Gasteiger partial charge in [0.25, 0.3) is 5.56 Å². The molecule has 1 fully saturated rings. The van der Waals surface area contributed by atoms with Gasteiger partial charge in [0, 0.05) is 54.3 Å². The zero-order valence-electron chi connectivity index (χ0n) is 19.2. The Morgan fingerprint density at radius 1 is 1.09 bits per heavy atom. The number of halogens is 1. The van der Waals surface area contributed by atoms with E-state index in [1.54, 1.807) is 6.07 Å². The van der Waals surface area contributed by atoms with Gasteiger partial charge in [0.05, 0.1) is 11.4 Å². The second-order valence-electron chi connectivity index (χ2n) is 8.46. The Hall–Kier alpha value is -2.72. The van der Waals surface area contributed by atoms with Crippen molar-refractivity contribution in [2.75, 3.05) is 31.9 Å². The van der Waals surface area contributed by atoms with Crippen molar-refractivity contribution >= 4 is 45.6 Å². The second kappa shape index (κ2) is 10.5. The van der Waals surface area contributed by atoms with Crippen LogP contribution in [-0.2, 0) is 11.3 Å². The van der Waals surface area contributed by atoms with E-state index >= 15 is 0 Å². The third-order valence-corrected chi connectivity index (χ3v) is 8.06. The van der Waals surface area contributed by atoms with Crippen molar-refractivity contribution < 1.29 is 4.79 Å². The summed E-state index contributed by atoms with van der Waals surface area (Å²) in [4.78, 5) is 35.8. The number of piperazine rings is 1. The van der Waals surface area contributed by atoms with Crippen LogP contribution < -0.4 is 5.56 Å². The summed E-state index contributed by atoms with van der Waals surface area (Å²) in [5, 5.41) is 5.95. The number of hydrogen-bond donors (Lipinski definition) is 0. The van der Waals surface area contributed by atoms with Gasteiger partial charge in [-0.25, -0.2) is 4.98 Å². The molecule has 0 radical (unpaired) electrons. The third-order valence-electron chi connectivity index (χ3n) is 5.85. The number of fused-ring (bicyclic) bond motifs is 1. The molecule has 0 saturated carbocycles. The summed E-state index contributed by atoms with van der Waals surface area (Å²) in [5.41, 5.74) is 2.68. The summed E-state index contributed by atoms with van der Waals surface area (Å²) in [6, 6.07) is 17.1. The number of aryl methyl sites for hydroxylation is 1. The van der Waals surface area contributed by atoms with Crippen LogP contribution in [0.3, 0.4) is 0 Å². The van der Waals surface area contributed by atoms with Gasteiger partial charge in [0.15, 0.2) is 0 Å². The Bertz CT molecular complexity index is 1410. The summed E-state index contributed by atoms with van der Waals surface area (Å²) in [6.07, 6.45) is 0. The van der Waals surface area contributed by atoms with Crippen molar-refractivity contribution in [2.24, 2.45) is 0 Å². The van der Waals surface area contributed by atoms with Crippen LogP contribution in [0.1, 0.15) is 11.3 Å². The van der Waals surface area contributed by atoms with Crippen LogP contribution >= 0.6 is 34.7 Å². The summed E-state index contributed by atoms with van der Waals surface area (Å²) in [6.45, 7) is 5.43. The molecule has 0 bridgehead atoms. The molecule has 3 heterocycles. The van der Waals surface area contributed by atoms with E-state index in [1.807, 2.05) is 54.3 Å². The van der Waals surface area contributed by atoms with E-state index in [1.165, 1.54) is 27.6 Å². The molecular formula is C25H24ClN5O2S2. The molecule has 2 aromatic heterocycles. The molecule has 1 aliphatic rings. The molecule has 0 aliphatic carbocycles. The first-order valence-electron chi connectivity index (χ1n) is 11.3. The fraction of sp³-hybridized carbons (Fsp3) is 0.280. The molecule has 7 nitrogen and oxygen atoms in total. The van der Waals surface area contributed by atoms with Crippen LogP contribution in [0.2, 0.25) is 5.02 Å². The fourth-order valence-electron chi connectivity index (χ4n) is 3.98. The summed E-state index contributed by atoms with van der Waals surface area (Å²) < 4.78 is 1.38. The second-order valence-corrected chi connectivity index (χ2v) is 10.9. The lowest BCUT2D eigenvalue weighted by Gasteiger charge is -2.34. The molecule has 180 valence electrons. The van der Waals surface area contributed by atoms with Gasteiger partial charge < -0.3 is 4.90 Å². The number of thioether (sulfide) groups is 1. The first-order valence-corrected chi connectivity index (χ1v) is 13.5. The van der Waals surface area contributed by atoms with E-state index in [0.29, 0.717) is 35.4 Å². The SMILES string of the molecule is Cc1cccc(-c2nn3c(=O)cc(CN4CCN(C(=O)CSc5ccc(Cl)cc5)CC4)nc3s2)c1. The van der Waals surface area contributed by atoms with Gasteiger partial charge >= 0.3 is 0 Å². The Kier molecular flexibility index (Phi) is 7.19. The quantitative estimate of drug-likeness (QED) is 0.351. The molecule has 1 amide bonds. The van der Waals surface area contributed by atoms with Crippen LogP contribution in [0.4, 0.5) is 0 Å². The number of benzene rings is 2. The molecule has 5 rings (SSSR count). The van der Waals surface area contributed by atoms with Crippen molar-refractivity contribution in [3.05, 3.63) is 81.2 Å². The Morgan fingerprint density at radius 2 is 1.86 bits per heavy atom. The van der Waals surface area contributed by atoms with Gasteiger partial charge in [0.2, 0.25) is 10.9 Å². The van der Waals surface area contributed by atoms with Crippen LogP contribution in [0.15, 0.2) is 64.3 Å². The molecule has 0 N–H and O–H groups in total. The van der Waals surface area contributed by atoms with E-state index in [-0.39, 0.29) is 11.5 Å². The minimum Gasteiger partial charge on any atom is -0.339 e. The summed E-state index contributed by atoms with van der Waals surface area (Å²) in [7, 11) is 0. The molecule has 4 aromatic rings. The molecule has 35 heavy (non-hydrogen) atoms. The zero-order chi connectivity index (χ0) is 24.4. The molecule has 0 atom stereocenters. The number of amides is 1. The predicted molar refractivity (Wildman–Crippen MR) is 141 cm³/mol. The monoisotopic (exact) mass is 525 g/mol. The highest BCUT2D eigenvalue weighted by molar-refractivity contribution is 8.00. The van der Waals surface area contributed by atoms with Crippen molar-refractivity contribution in [3.63, 3.8) is 0 Å². The van der Waals surface area contributed by atoms with E-state index in [4.69, 9.17) is 16.6 Å². The number of hydrogen-bond acceptors (Lipinski definition) is 7. The van der Waals surface area contributed by atoms with Crippen LogP contribution in [0.5, 0.6) is 0 Å². The van der Waals surface area contributed by atoms with Crippen LogP contribution in [0.25, 0.3) is 15.5 Å². The third kappa shape index (κ3) is 5.75. The van der Waals surface area contributed by atoms with Gasteiger partial charge in [-0.3, -0.25) is 14.5 Å². The Balaban J connectivity index is 1.19. The molecule has 1 aliphatic heterocycles. The summed E-state index contributed by atoms with van der Waals surface area (Å²) >= 11 is 8.86. The van der Waals surface area contributed by atoms with Gasteiger partial charge in [0.1, 0.15) is 5.01 Å². The van der Waals surface area contributed by atoms with Crippen molar-refractivity contribution in [3.8, 4) is 10.6 Å². The number of carbonyl (C=O) groups is 1. The minimum atomic E-state index is -0.173. The van der Waals surface area contributed by atoms with Crippen molar-refractivity contribution in [2.45, 2.75) is 18.4 Å². The average Bonchev–Trinajstić information content (AvgIpc) is 3.29. The number of aromatic nitrogens is 3. The largest absolute Gasteiger partial charge is 0.339 e.